The molecule has 0 saturated carbocycles. The zero-order valence-corrected chi connectivity index (χ0v) is 16.1. The molecule has 9 heteroatoms. The van der Waals surface area contributed by atoms with Crippen LogP contribution in [0.3, 0.4) is 0 Å². The Morgan fingerprint density at radius 3 is 2.68 bits per heavy atom. The lowest BCUT2D eigenvalue weighted by Crippen LogP contribution is -2.05. The molecule has 1 N–H and O–H groups in total. The van der Waals surface area contributed by atoms with Crippen molar-refractivity contribution >= 4 is 55.3 Å². The van der Waals surface area contributed by atoms with Crippen molar-refractivity contribution in [1.82, 2.24) is 25.4 Å². The second kappa shape index (κ2) is 7.37. The van der Waals surface area contributed by atoms with Gasteiger partial charge in [-0.15, -0.1) is 20.4 Å². The summed E-state index contributed by atoms with van der Waals surface area (Å²) in [7, 11) is 0. The van der Waals surface area contributed by atoms with Crippen molar-refractivity contribution in [3.63, 3.8) is 0 Å². The molecule has 0 atom stereocenters. The number of fused-ring (bicyclic) bond motifs is 3. The van der Waals surface area contributed by atoms with Crippen molar-refractivity contribution in [2.75, 3.05) is 0 Å². The predicted octanol–water partition coefficient (Wildman–Crippen LogP) is 3.88. The fourth-order valence-corrected chi connectivity index (χ4v) is 4.12. The first-order valence-corrected chi connectivity index (χ1v) is 10.1. The molecular formula is C19H13N7S2. The fraction of sp³-hybridized carbons (Fsp3) is 0.0526. The van der Waals surface area contributed by atoms with E-state index in [2.05, 4.69) is 35.4 Å². The van der Waals surface area contributed by atoms with Crippen LogP contribution in [0.15, 0.2) is 64.6 Å². The first-order chi connectivity index (χ1) is 13.8. The summed E-state index contributed by atoms with van der Waals surface area (Å²) in [5.74, 6) is 0. The third-order valence-electron chi connectivity index (χ3n) is 4.00. The molecular weight excluding hydrogens is 390 g/mol. The summed E-state index contributed by atoms with van der Waals surface area (Å²) in [5.41, 5.74) is 2.94. The van der Waals surface area contributed by atoms with Crippen LogP contribution in [0.4, 0.5) is 5.13 Å². The molecule has 5 rings (SSSR count). The zero-order valence-electron chi connectivity index (χ0n) is 14.5. The van der Waals surface area contributed by atoms with E-state index in [-0.39, 0.29) is 0 Å². The van der Waals surface area contributed by atoms with Crippen molar-refractivity contribution < 1.29 is 0 Å². The molecule has 0 fully saturated rings. The summed E-state index contributed by atoms with van der Waals surface area (Å²) in [6, 6.07) is 17.9. The molecule has 5 aromatic rings. The Morgan fingerprint density at radius 1 is 0.893 bits per heavy atom. The summed E-state index contributed by atoms with van der Waals surface area (Å²) in [4.78, 5) is 13.8. The fourth-order valence-electron chi connectivity index (χ4n) is 2.71. The average Bonchev–Trinajstić information content (AvgIpc) is 3.35. The van der Waals surface area contributed by atoms with Crippen LogP contribution in [0.2, 0.25) is 0 Å². The topological polar surface area (TPSA) is 92.1 Å². The second-order valence-electron chi connectivity index (χ2n) is 5.90. The Bertz CT molecular complexity index is 1350. The first kappa shape index (κ1) is 16.8. The Hall–Kier alpha value is -3.30. The molecule has 3 aromatic heterocycles. The largest absolute Gasteiger partial charge is 0.345 e. The van der Waals surface area contributed by atoms with Gasteiger partial charge in [-0.2, -0.15) is 0 Å². The maximum absolute atomic E-state index is 4.51. The number of aliphatic imine (C=N–C) groups is 1. The first-order valence-electron chi connectivity index (χ1n) is 8.51. The van der Waals surface area contributed by atoms with Gasteiger partial charge in [-0.25, -0.2) is 9.98 Å². The Morgan fingerprint density at radius 2 is 1.75 bits per heavy atom. The van der Waals surface area contributed by atoms with E-state index in [1.165, 1.54) is 22.7 Å². The molecule has 2 aromatic carbocycles. The number of aromatic nitrogens is 5. The molecule has 0 aliphatic rings. The molecule has 0 radical (unpaired) electrons. The molecule has 0 aliphatic carbocycles. The molecule has 28 heavy (non-hydrogen) atoms. The van der Waals surface area contributed by atoms with E-state index in [1.54, 1.807) is 6.21 Å². The van der Waals surface area contributed by atoms with Crippen molar-refractivity contribution in [1.29, 1.82) is 0 Å². The molecule has 3 heterocycles. The molecule has 136 valence electrons. The van der Waals surface area contributed by atoms with Gasteiger partial charge in [0.2, 0.25) is 9.93 Å². The van der Waals surface area contributed by atoms with E-state index in [4.69, 9.17) is 0 Å². The number of H-pyrrole nitrogens is 1. The lowest BCUT2D eigenvalue weighted by atomic mass is 10.2. The van der Waals surface area contributed by atoms with Crippen LogP contribution in [-0.4, -0.2) is 31.6 Å². The van der Waals surface area contributed by atoms with Gasteiger partial charge in [0.1, 0.15) is 15.4 Å². The van der Waals surface area contributed by atoms with E-state index in [1.807, 2.05) is 54.6 Å². The number of aromatic amines is 1. The molecule has 0 bridgehead atoms. The van der Waals surface area contributed by atoms with E-state index in [0.717, 1.165) is 31.8 Å². The minimum Gasteiger partial charge on any atom is -0.345 e. The average molecular weight is 403 g/mol. The molecule has 0 spiro atoms. The van der Waals surface area contributed by atoms with E-state index < -0.39 is 0 Å². The summed E-state index contributed by atoms with van der Waals surface area (Å²) in [5, 5.41) is 19.3. The van der Waals surface area contributed by atoms with Gasteiger partial charge >= 0.3 is 0 Å². The highest BCUT2D eigenvalue weighted by Gasteiger charge is 2.06. The van der Waals surface area contributed by atoms with E-state index in [0.29, 0.717) is 16.5 Å². The van der Waals surface area contributed by atoms with Crippen molar-refractivity contribution in [2.45, 2.75) is 6.54 Å². The van der Waals surface area contributed by atoms with Crippen LogP contribution in [0.1, 0.15) is 10.6 Å². The summed E-state index contributed by atoms with van der Waals surface area (Å²) < 4.78 is 0. The second-order valence-corrected chi connectivity index (χ2v) is 7.91. The predicted molar refractivity (Wildman–Crippen MR) is 112 cm³/mol. The minimum absolute atomic E-state index is 0.398. The van der Waals surface area contributed by atoms with Crippen molar-refractivity contribution in [3.8, 4) is 0 Å². The summed E-state index contributed by atoms with van der Waals surface area (Å²) in [6.07, 6.45) is 1.78. The van der Waals surface area contributed by atoms with Gasteiger partial charge in [0.05, 0.1) is 6.54 Å². The molecule has 0 unspecified atom stereocenters. The quantitative estimate of drug-likeness (QED) is 0.461. The standard InChI is InChI=1S/C19H13N7S2/c1-2-6-12(7-3-1)10-20-18-25-23-15(27-18)11-21-19-26-24-16-13-8-4-5-9-14(13)22-17(16)28-19/h1-10,22H,11H2/b20-10+,21-19?. The van der Waals surface area contributed by atoms with Crippen LogP contribution in [0.25, 0.3) is 21.3 Å². The van der Waals surface area contributed by atoms with E-state index in [9.17, 15) is 0 Å². The number of benzene rings is 2. The Balaban J connectivity index is 1.36. The number of nitrogens with zero attached hydrogens (tertiary/aromatic N) is 6. The van der Waals surface area contributed by atoms with Gasteiger partial charge < -0.3 is 4.98 Å². The maximum Gasteiger partial charge on any atom is 0.231 e. The van der Waals surface area contributed by atoms with Gasteiger partial charge in [-0.3, -0.25) is 0 Å². The lowest BCUT2D eigenvalue weighted by Gasteiger charge is -1.89. The number of nitrogens with one attached hydrogen (secondary N) is 1. The highest BCUT2D eigenvalue weighted by Crippen LogP contribution is 2.23. The number of rotatable bonds is 4. The third kappa shape index (κ3) is 3.45. The highest BCUT2D eigenvalue weighted by molar-refractivity contribution is 7.15. The van der Waals surface area contributed by atoms with Crippen LogP contribution in [0, 0.1) is 0 Å². The number of hydrogen-bond donors (Lipinski definition) is 1. The van der Waals surface area contributed by atoms with Crippen LogP contribution >= 0.6 is 22.7 Å². The summed E-state index contributed by atoms with van der Waals surface area (Å²) >= 11 is 2.89. The van der Waals surface area contributed by atoms with Crippen molar-refractivity contribution in [3.05, 3.63) is 70.0 Å². The van der Waals surface area contributed by atoms with Gasteiger partial charge in [0.25, 0.3) is 0 Å². The van der Waals surface area contributed by atoms with Crippen LogP contribution < -0.4 is 4.80 Å². The molecule has 0 amide bonds. The summed E-state index contributed by atoms with van der Waals surface area (Å²) in [6.45, 7) is 0.398. The minimum atomic E-state index is 0.398. The molecule has 0 saturated heterocycles. The normalized spacial score (nSPS) is 12.5. The zero-order chi connectivity index (χ0) is 18.8. The maximum atomic E-state index is 4.51. The van der Waals surface area contributed by atoms with Crippen LogP contribution in [0.5, 0.6) is 0 Å². The SMILES string of the molecule is C(=N\c1nnc(CN=c2nnc3c([nH]c4ccccc43)s2)s1)/c1ccccc1. The smallest absolute Gasteiger partial charge is 0.231 e. The van der Waals surface area contributed by atoms with Gasteiger partial charge in [0.15, 0.2) is 0 Å². The number of hydrogen-bond acceptors (Lipinski definition) is 8. The van der Waals surface area contributed by atoms with Gasteiger partial charge in [-0.05, 0) is 11.6 Å². The van der Waals surface area contributed by atoms with Gasteiger partial charge in [-0.1, -0.05) is 71.2 Å². The Kier molecular flexibility index (Phi) is 4.43. The van der Waals surface area contributed by atoms with Crippen LogP contribution in [-0.2, 0) is 6.54 Å². The van der Waals surface area contributed by atoms with E-state index >= 15 is 0 Å². The van der Waals surface area contributed by atoms with Gasteiger partial charge in [0, 0.05) is 17.1 Å². The van der Waals surface area contributed by atoms with Crippen molar-refractivity contribution in [2.24, 2.45) is 9.98 Å². The lowest BCUT2D eigenvalue weighted by molar-refractivity contribution is 0.904. The third-order valence-corrected chi connectivity index (χ3v) is 5.71. The molecule has 7 nitrogen and oxygen atoms in total. The highest BCUT2D eigenvalue weighted by atomic mass is 32.1. The monoisotopic (exact) mass is 403 g/mol. The Labute approximate surface area is 167 Å². The number of para-hydroxylation sites is 1. The molecule has 0 aliphatic heterocycles.